The Morgan fingerprint density at radius 3 is 2.33 bits per heavy atom. The molecule has 0 spiro atoms. The maximum absolute atomic E-state index is 2.47. The molecule has 0 aromatic rings. The normalized spacial score (nSPS) is 33.0. The van der Waals surface area contributed by atoms with Crippen LogP contribution in [-0.4, -0.2) is 8.80 Å². The van der Waals surface area contributed by atoms with Crippen molar-refractivity contribution in [3.05, 3.63) is 0 Å². The van der Waals surface area contributed by atoms with Gasteiger partial charge in [0.25, 0.3) is 0 Å². The fourth-order valence-electron chi connectivity index (χ4n) is 2.16. The third-order valence-electron chi connectivity index (χ3n) is 2.97. The summed E-state index contributed by atoms with van der Waals surface area (Å²) in [6.07, 6.45) is 3.04. The number of hydrogen-bond donors (Lipinski definition) is 0. The Morgan fingerprint density at radius 1 is 1.44 bits per heavy atom. The summed E-state index contributed by atoms with van der Waals surface area (Å²) in [7, 11) is -0.269. The maximum atomic E-state index is 2.47. The van der Waals surface area contributed by atoms with Crippen molar-refractivity contribution in [2.45, 2.75) is 50.7 Å². The lowest BCUT2D eigenvalue weighted by Crippen LogP contribution is -2.19. The second-order valence-electron chi connectivity index (χ2n) is 3.99. The van der Waals surface area contributed by atoms with Crippen LogP contribution in [0.2, 0.25) is 17.1 Å². The molecule has 1 aliphatic heterocycles. The SMILES string of the molecule is CC[SiH]1CCCC1(C)C. The van der Waals surface area contributed by atoms with E-state index in [1.165, 1.54) is 18.9 Å². The predicted molar refractivity (Wildman–Crippen MR) is 45.7 cm³/mol. The van der Waals surface area contributed by atoms with E-state index in [1.54, 1.807) is 6.04 Å². The van der Waals surface area contributed by atoms with Gasteiger partial charge in [-0.15, -0.1) is 0 Å². The first-order chi connectivity index (χ1) is 4.17. The molecule has 0 saturated carbocycles. The van der Waals surface area contributed by atoms with Crippen molar-refractivity contribution in [3.8, 4) is 0 Å². The Kier molecular flexibility index (Phi) is 1.99. The molecule has 0 radical (unpaired) electrons. The van der Waals surface area contributed by atoms with Crippen molar-refractivity contribution in [3.63, 3.8) is 0 Å². The van der Waals surface area contributed by atoms with Gasteiger partial charge in [-0.1, -0.05) is 45.7 Å². The van der Waals surface area contributed by atoms with Gasteiger partial charge in [-0.3, -0.25) is 0 Å². The van der Waals surface area contributed by atoms with Crippen LogP contribution in [0.15, 0.2) is 0 Å². The van der Waals surface area contributed by atoms with Crippen LogP contribution < -0.4 is 0 Å². The molecule has 0 amide bonds. The Hall–Kier alpha value is 0.217. The van der Waals surface area contributed by atoms with E-state index in [9.17, 15) is 0 Å². The molecule has 0 aromatic carbocycles. The predicted octanol–water partition coefficient (Wildman–Crippen LogP) is 2.81. The number of hydrogen-bond acceptors (Lipinski definition) is 0. The summed E-state index contributed by atoms with van der Waals surface area (Å²) in [6, 6.07) is 3.14. The lowest BCUT2D eigenvalue weighted by Gasteiger charge is -2.23. The highest BCUT2D eigenvalue weighted by atomic mass is 28.3. The first-order valence-electron chi connectivity index (χ1n) is 4.17. The molecule has 0 aliphatic carbocycles. The Labute approximate surface area is 60.3 Å². The van der Waals surface area contributed by atoms with Gasteiger partial charge in [0, 0.05) is 8.80 Å². The van der Waals surface area contributed by atoms with Gasteiger partial charge >= 0.3 is 0 Å². The summed E-state index contributed by atoms with van der Waals surface area (Å²) >= 11 is 0. The van der Waals surface area contributed by atoms with Gasteiger partial charge in [-0.05, 0) is 5.04 Å². The highest BCUT2D eigenvalue weighted by molar-refractivity contribution is 6.62. The molecule has 54 valence electrons. The molecule has 1 fully saturated rings. The summed E-state index contributed by atoms with van der Waals surface area (Å²) < 4.78 is 0. The molecule has 0 aromatic heterocycles. The van der Waals surface area contributed by atoms with Crippen LogP contribution in [0.5, 0.6) is 0 Å². The van der Waals surface area contributed by atoms with E-state index >= 15 is 0 Å². The summed E-state index contributed by atoms with van der Waals surface area (Å²) in [5.74, 6) is 0. The van der Waals surface area contributed by atoms with Gasteiger partial charge in [0.2, 0.25) is 0 Å². The Morgan fingerprint density at radius 2 is 2.11 bits per heavy atom. The maximum Gasteiger partial charge on any atom is 0.0423 e. The van der Waals surface area contributed by atoms with Crippen LogP contribution in [0.4, 0.5) is 0 Å². The smallest absolute Gasteiger partial charge is 0.0423 e. The molecular formula is C8H18Si. The fourth-order valence-corrected chi connectivity index (χ4v) is 5.76. The van der Waals surface area contributed by atoms with Crippen LogP contribution >= 0.6 is 0 Å². The van der Waals surface area contributed by atoms with Crippen molar-refractivity contribution in [2.75, 3.05) is 0 Å². The molecule has 1 heteroatoms. The zero-order valence-corrected chi connectivity index (χ0v) is 8.06. The van der Waals surface area contributed by atoms with E-state index in [0.29, 0.717) is 0 Å². The monoisotopic (exact) mass is 142 g/mol. The van der Waals surface area contributed by atoms with Crippen molar-refractivity contribution in [1.29, 1.82) is 0 Å². The van der Waals surface area contributed by atoms with Crippen LogP contribution in [-0.2, 0) is 0 Å². The standard InChI is InChI=1S/C8H18Si/c1-4-9-7-5-6-8(9,2)3/h9H,4-7H2,1-3H3. The van der Waals surface area contributed by atoms with E-state index < -0.39 is 0 Å². The molecule has 1 aliphatic rings. The summed E-state index contributed by atoms with van der Waals surface area (Å²) in [5, 5.41) is 0.800. The molecule has 0 nitrogen and oxygen atoms in total. The van der Waals surface area contributed by atoms with Gasteiger partial charge in [0.15, 0.2) is 0 Å². The van der Waals surface area contributed by atoms with Gasteiger partial charge in [0.1, 0.15) is 0 Å². The minimum atomic E-state index is -0.269. The topological polar surface area (TPSA) is 0 Å². The van der Waals surface area contributed by atoms with Crippen molar-refractivity contribution in [1.82, 2.24) is 0 Å². The van der Waals surface area contributed by atoms with Gasteiger partial charge in [-0.25, -0.2) is 0 Å². The first kappa shape index (κ1) is 7.33. The highest BCUT2D eigenvalue weighted by Gasteiger charge is 2.33. The molecule has 1 unspecified atom stereocenters. The minimum absolute atomic E-state index is 0.269. The van der Waals surface area contributed by atoms with Crippen LogP contribution in [0.25, 0.3) is 0 Å². The quantitative estimate of drug-likeness (QED) is 0.494. The molecule has 0 bridgehead atoms. The third-order valence-corrected chi connectivity index (χ3v) is 7.56. The molecule has 1 heterocycles. The Bertz CT molecular complexity index is 96.7. The fraction of sp³-hybridized carbons (Fsp3) is 1.00. The third kappa shape index (κ3) is 1.37. The summed E-state index contributed by atoms with van der Waals surface area (Å²) in [4.78, 5) is 0. The zero-order valence-electron chi connectivity index (χ0n) is 6.91. The van der Waals surface area contributed by atoms with E-state index in [4.69, 9.17) is 0 Å². The van der Waals surface area contributed by atoms with Crippen LogP contribution in [0.1, 0.15) is 33.6 Å². The molecule has 1 atom stereocenters. The molecule has 9 heavy (non-hydrogen) atoms. The van der Waals surface area contributed by atoms with E-state index in [2.05, 4.69) is 20.8 Å². The molecular weight excluding hydrogens is 124 g/mol. The Balaban J connectivity index is 2.52. The second-order valence-corrected chi connectivity index (χ2v) is 8.34. The van der Waals surface area contributed by atoms with E-state index in [0.717, 1.165) is 5.04 Å². The van der Waals surface area contributed by atoms with Gasteiger partial charge in [0.05, 0.1) is 0 Å². The molecule has 1 rings (SSSR count). The largest absolute Gasteiger partial charge is 0.0680 e. The van der Waals surface area contributed by atoms with Crippen molar-refractivity contribution < 1.29 is 0 Å². The average molecular weight is 142 g/mol. The summed E-state index contributed by atoms with van der Waals surface area (Å²) in [5.41, 5.74) is 0. The lowest BCUT2D eigenvalue weighted by molar-refractivity contribution is 0.630. The van der Waals surface area contributed by atoms with Gasteiger partial charge < -0.3 is 0 Å². The second kappa shape index (κ2) is 2.45. The highest BCUT2D eigenvalue weighted by Crippen LogP contribution is 2.44. The lowest BCUT2D eigenvalue weighted by atomic mass is 10.1. The molecule has 1 saturated heterocycles. The molecule has 0 N–H and O–H groups in total. The van der Waals surface area contributed by atoms with Gasteiger partial charge in [-0.2, -0.15) is 0 Å². The van der Waals surface area contributed by atoms with E-state index in [1.807, 2.05) is 0 Å². The van der Waals surface area contributed by atoms with Crippen molar-refractivity contribution >= 4 is 8.80 Å². The first-order valence-corrected chi connectivity index (χ1v) is 6.38. The zero-order chi connectivity index (χ0) is 6.91. The van der Waals surface area contributed by atoms with E-state index in [-0.39, 0.29) is 8.80 Å². The van der Waals surface area contributed by atoms with Crippen molar-refractivity contribution in [2.24, 2.45) is 0 Å². The summed E-state index contributed by atoms with van der Waals surface area (Å²) in [6.45, 7) is 7.32. The average Bonchev–Trinajstić information content (AvgIpc) is 2.08. The minimum Gasteiger partial charge on any atom is -0.0680 e. The van der Waals surface area contributed by atoms with Crippen LogP contribution in [0.3, 0.4) is 0 Å². The van der Waals surface area contributed by atoms with Crippen LogP contribution in [0, 0.1) is 0 Å². The number of rotatable bonds is 1.